The van der Waals surface area contributed by atoms with Crippen LogP contribution in [-0.2, 0) is 38.0 Å². The standard InChI is InChI=1S/C34H58N2O12/c1-16-14-34(8)29(47-32-26(38)22(36(9)10)12-17(2)44-32)18(3)27(46-24-13-23(42-11)25(37)21(6)45-24)19(4)31(40)43-15-33(7,41)28(39)20(5)35-30(16)48-34/h16-22,24,26-29,32,37-39,41H,12-15H2,1-11H3/b35-30-/t16?,17?,18-,19-,20+,21?,22?,24?,26?,27-,28+,29-,32?,33-,34+/m1/s1. The number of aliphatic hydroxyl groups is 4. The molecule has 0 saturated carbocycles. The van der Waals surface area contributed by atoms with Crippen molar-refractivity contribution in [1.29, 1.82) is 0 Å². The van der Waals surface area contributed by atoms with E-state index in [-0.39, 0.29) is 30.2 Å². The van der Waals surface area contributed by atoms with E-state index in [2.05, 4.69) is 4.99 Å². The van der Waals surface area contributed by atoms with Crippen LogP contribution >= 0.6 is 0 Å². The predicted molar refractivity (Wildman–Crippen MR) is 174 cm³/mol. The number of hydrogen-bond acceptors (Lipinski definition) is 14. The Morgan fingerprint density at radius 2 is 1.69 bits per heavy atom. The molecule has 4 N–H and O–H groups in total. The van der Waals surface area contributed by atoms with Gasteiger partial charge in [-0.05, 0) is 62.1 Å². The van der Waals surface area contributed by atoms with Crippen LogP contribution in [-0.4, -0.2) is 137 Å². The Morgan fingerprint density at radius 1 is 1.02 bits per heavy atom. The maximum atomic E-state index is 13.7. The van der Waals surface area contributed by atoms with E-state index < -0.39 is 84.8 Å². The van der Waals surface area contributed by atoms with Gasteiger partial charge in [-0.1, -0.05) is 13.8 Å². The van der Waals surface area contributed by atoms with Crippen molar-refractivity contribution in [2.45, 2.75) is 147 Å². The molecule has 0 aromatic rings. The Balaban J connectivity index is 1.80. The summed E-state index contributed by atoms with van der Waals surface area (Å²) in [5.41, 5.74) is -2.87. The summed E-state index contributed by atoms with van der Waals surface area (Å²) in [4.78, 5) is 20.3. The van der Waals surface area contributed by atoms with Crippen molar-refractivity contribution in [3.8, 4) is 0 Å². The highest BCUT2D eigenvalue weighted by Crippen LogP contribution is 2.43. The third kappa shape index (κ3) is 8.12. The van der Waals surface area contributed by atoms with Gasteiger partial charge >= 0.3 is 5.97 Å². The summed E-state index contributed by atoms with van der Waals surface area (Å²) in [5, 5.41) is 44.2. The fourth-order valence-corrected chi connectivity index (χ4v) is 7.52. The van der Waals surface area contributed by atoms with Gasteiger partial charge in [0, 0.05) is 24.3 Å². The summed E-state index contributed by atoms with van der Waals surface area (Å²) in [6, 6.07) is -1.03. The first kappa shape index (κ1) is 38.8. The van der Waals surface area contributed by atoms with Crippen LogP contribution in [0.1, 0.15) is 74.7 Å². The van der Waals surface area contributed by atoms with Crippen molar-refractivity contribution in [2.24, 2.45) is 22.7 Å². The van der Waals surface area contributed by atoms with E-state index in [1.807, 2.05) is 46.7 Å². The summed E-state index contributed by atoms with van der Waals surface area (Å²) in [7, 11) is 5.25. The fraction of sp³-hybridized carbons (Fsp3) is 0.882. The van der Waals surface area contributed by atoms with Crippen molar-refractivity contribution < 1.29 is 58.4 Å². The molecule has 48 heavy (non-hydrogen) atoms. The maximum Gasteiger partial charge on any atom is 0.311 e. The second-order valence-corrected chi connectivity index (χ2v) is 14.9. The second-order valence-electron chi connectivity index (χ2n) is 14.9. The highest BCUT2D eigenvalue weighted by Gasteiger charge is 2.54. The zero-order valence-electron chi connectivity index (χ0n) is 30.3. The van der Waals surface area contributed by atoms with E-state index >= 15 is 0 Å². The smallest absolute Gasteiger partial charge is 0.311 e. The number of esters is 1. The maximum absolute atomic E-state index is 13.7. The number of carbonyl (C=O) groups is 1. The monoisotopic (exact) mass is 686 g/mol. The molecule has 2 fully saturated rings. The van der Waals surface area contributed by atoms with Gasteiger partial charge in [-0.3, -0.25) is 4.79 Å². The zero-order valence-corrected chi connectivity index (χ0v) is 30.3. The number of fused-ring (bicyclic) bond motifs is 2. The lowest BCUT2D eigenvalue weighted by molar-refractivity contribution is -0.301. The van der Waals surface area contributed by atoms with Gasteiger partial charge in [-0.15, -0.1) is 0 Å². The molecule has 4 aliphatic rings. The molecular formula is C34H58N2O12. The van der Waals surface area contributed by atoms with Gasteiger partial charge < -0.3 is 58.5 Å². The summed E-state index contributed by atoms with van der Waals surface area (Å²) < 4.78 is 43.3. The Labute approximate surface area is 284 Å². The number of likely N-dealkylation sites (N-methyl/N-ethyl adjacent to an activating group) is 1. The summed E-state index contributed by atoms with van der Waals surface area (Å²) in [6.07, 6.45) is -5.91. The van der Waals surface area contributed by atoms with Gasteiger partial charge in [0.25, 0.3) is 0 Å². The van der Waals surface area contributed by atoms with Crippen molar-refractivity contribution in [3.63, 3.8) is 0 Å². The molecule has 15 atom stereocenters. The van der Waals surface area contributed by atoms with Crippen LogP contribution in [0.15, 0.2) is 16.5 Å². The van der Waals surface area contributed by atoms with Gasteiger partial charge in [0.1, 0.15) is 48.0 Å². The van der Waals surface area contributed by atoms with Crippen molar-refractivity contribution in [3.05, 3.63) is 11.5 Å². The molecule has 0 aromatic heterocycles. The first-order chi connectivity index (χ1) is 22.3. The molecule has 0 aromatic carbocycles. The lowest BCUT2D eigenvalue weighted by atomic mass is 9.79. The largest absolute Gasteiger partial charge is 0.506 e. The summed E-state index contributed by atoms with van der Waals surface area (Å²) in [5.74, 6) is -1.78. The molecule has 276 valence electrons. The molecule has 4 aliphatic heterocycles. The van der Waals surface area contributed by atoms with Crippen LogP contribution in [0.25, 0.3) is 0 Å². The Bertz CT molecular complexity index is 1190. The minimum Gasteiger partial charge on any atom is -0.506 e. The molecule has 0 amide bonds. The SMILES string of the molecule is COC1=C(O)C(C)OC(O[C@@H]2[C@@H](C)[C@@H](OC3OC(C)CC(N(C)C)C3O)[C@]3(C)CC(C)/C(=N/[C@@H](C)[C@H](O)[C@](C)(O)COC(=O)[C@@H]2C)O3)C1. The first-order valence-electron chi connectivity index (χ1n) is 17.1. The summed E-state index contributed by atoms with van der Waals surface area (Å²) in [6.45, 7) is 13.5. The van der Waals surface area contributed by atoms with Crippen molar-refractivity contribution in [2.75, 3.05) is 27.8 Å². The molecule has 7 unspecified atom stereocenters. The quantitative estimate of drug-likeness (QED) is 0.300. The highest BCUT2D eigenvalue weighted by atomic mass is 16.7. The number of aliphatic imine (C=N–C) groups is 1. The van der Waals surface area contributed by atoms with E-state index in [9.17, 15) is 25.2 Å². The van der Waals surface area contributed by atoms with Crippen LogP contribution < -0.4 is 0 Å². The van der Waals surface area contributed by atoms with E-state index in [1.54, 1.807) is 20.8 Å². The topological polar surface area (TPSA) is 178 Å². The van der Waals surface area contributed by atoms with Crippen LogP contribution in [0.2, 0.25) is 0 Å². The highest BCUT2D eigenvalue weighted by molar-refractivity contribution is 5.81. The molecule has 14 heteroatoms. The Morgan fingerprint density at radius 3 is 2.31 bits per heavy atom. The van der Waals surface area contributed by atoms with Gasteiger partial charge in [-0.2, -0.15) is 0 Å². The van der Waals surface area contributed by atoms with Crippen molar-refractivity contribution >= 4 is 11.9 Å². The minimum absolute atomic E-state index is 0.0410. The fourth-order valence-electron chi connectivity index (χ4n) is 7.52. The summed E-state index contributed by atoms with van der Waals surface area (Å²) >= 11 is 0. The Kier molecular flexibility index (Phi) is 12.2. The molecule has 2 bridgehead atoms. The minimum atomic E-state index is -1.81. The lowest BCUT2D eigenvalue weighted by Gasteiger charge is -2.47. The molecule has 4 heterocycles. The number of ether oxygens (including phenoxy) is 7. The molecule has 0 spiro atoms. The van der Waals surface area contributed by atoms with E-state index in [1.165, 1.54) is 14.0 Å². The molecule has 0 aliphatic carbocycles. The lowest BCUT2D eigenvalue weighted by Crippen LogP contribution is -2.59. The van der Waals surface area contributed by atoms with Gasteiger partial charge in [-0.25, -0.2) is 4.99 Å². The first-order valence-corrected chi connectivity index (χ1v) is 17.1. The van der Waals surface area contributed by atoms with E-state index in [0.717, 1.165) is 0 Å². The van der Waals surface area contributed by atoms with Crippen LogP contribution in [0.3, 0.4) is 0 Å². The average molecular weight is 687 g/mol. The number of cyclic esters (lactones) is 1. The molecule has 0 radical (unpaired) electrons. The third-order valence-electron chi connectivity index (χ3n) is 10.4. The zero-order chi connectivity index (χ0) is 35.9. The van der Waals surface area contributed by atoms with Crippen LogP contribution in [0.5, 0.6) is 0 Å². The normalized spacial score (nSPS) is 47.5. The molecule has 14 nitrogen and oxygen atoms in total. The number of carbonyl (C=O) groups excluding carboxylic acids is 1. The number of nitrogens with zero attached hydrogens (tertiary/aromatic N) is 2. The van der Waals surface area contributed by atoms with Crippen LogP contribution in [0.4, 0.5) is 0 Å². The third-order valence-corrected chi connectivity index (χ3v) is 10.4. The van der Waals surface area contributed by atoms with Crippen molar-refractivity contribution in [1.82, 2.24) is 4.90 Å². The van der Waals surface area contributed by atoms with E-state index in [4.69, 9.17) is 33.2 Å². The number of hydrogen-bond donors (Lipinski definition) is 4. The van der Waals surface area contributed by atoms with Gasteiger partial charge in [0.15, 0.2) is 24.2 Å². The number of methoxy groups -OCH3 is 1. The predicted octanol–water partition coefficient (Wildman–Crippen LogP) is 2.28. The van der Waals surface area contributed by atoms with Gasteiger partial charge in [0.05, 0.1) is 37.7 Å². The number of aliphatic hydroxyl groups excluding tert-OH is 3. The molecule has 2 saturated heterocycles. The molecular weight excluding hydrogens is 628 g/mol. The van der Waals surface area contributed by atoms with Crippen LogP contribution in [0, 0.1) is 17.8 Å². The molecule has 4 rings (SSSR count). The average Bonchev–Trinajstić information content (AvgIpc) is 3.31. The van der Waals surface area contributed by atoms with Gasteiger partial charge in [0.2, 0.25) is 0 Å². The number of rotatable bonds is 6. The van der Waals surface area contributed by atoms with E-state index in [0.29, 0.717) is 24.5 Å². The second kappa shape index (κ2) is 15.1. The Hall–Kier alpha value is -2.04.